The van der Waals surface area contributed by atoms with Crippen molar-refractivity contribution in [2.24, 2.45) is 0 Å². The summed E-state index contributed by atoms with van der Waals surface area (Å²) in [5.41, 5.74) is 2.63. The van der Waals surface area contributed by atoms with Crippen molar-refractivity contribution >= 4 is 0 Å². The minimum absolute atomic E-state index is 0.484. The van der Waals surface area contributed by atoms with Gasteiger partial charge in [-0.3, -0.25) is 0 Å². The predicted molar refractivity (Wildman–Crippen MR) is 172 cm³/mol. The molecule has 0 saturated carbocycles. The van der Waals surface area contributed by atoms with Crippen LogP contribution in [0.2, 0.25) is 0 Å². The van der Waals surface area contributed by atoms with Gasteiger partial charge in [0, 0.05) is 6.61 Å². The van der Waals surface area contributed by atoms with E-state index < -0.39 is 5.60 Å². The Labute approximate surface area is 250 Å². The number of unbranched alkanes of at least 4 members (excludes halogenated alkanes) is 12. The van der Waals surface area contributed by atoms with Crippen LogP contribution in [0.5, 0.6) is 0 Å². The van der Waals surface area contributed by atoms with E-state index in [1.54, 1.807) is 0 Å². The molecule has 0 aromatic heterocycles. The van der Waals surface area contributed by atoms with Gasteiger partial charge >= 0.3 is 0 Å². The molecule has 3 rings (SSSR count). The van der Waals surface area contributed by atoms with E-state index in [1.807, 2.05) is 18.2 Å². The SMILES string of the molecule is CCCCCCCCCCCCCCCOCCOCCOC(c1ccccc1)(c1ccccc1)c1ccccc1. The molecule has 0 saturated heterocycles. The maximum atomic E-state index is 6.76. The molecule has 0 aliphatic carbocycles. The zero-order valence-electron chi connectivity index (χ0n) is 25.6. The Morgan fingerprint density at radius 2 is 0.732 bits per heavy atom. The second-order valence-electron chi connectivity index (χ2n) is 11.1. The number of hydrogen-bond acceptors (Lipinski definition) is 3. The number of hydrogen-bond donors (Lipinski definition) is 0. The number of ether oxygens (including phenoxy) is 3. The van der Waals surface area contributed by atoms with E-state index in [2.05, 4.69) is 79.7 Å². The summed E-state index contributed by atoms with van der Waals surface area (Å²) >= 11 is 0. The lowest BCUT2D eigenvalue weighted by atomic mass is 9.80. The molecule has 0 aliphatic rings. The molecule has 0 unspecified atom stereocenters. The third-order valence-electron chi connectivity index (χ3n) is 7.85. The summed E-state index contributed by atoms with van der Waals surface area (Å²) in [6.45, 7) is 5.36. The normalized spacial score (nSPS) is 11.6. The second kappa shape index (κ2) is 21.3. The average molecular weight is 559 g/mol. The van der Waals surface area contributed by atoms with Gasteiger partial charge in [0.2, 0.25) is 0 Å². The standard InChI is InChI=1S/C38H54O3/c1-2-3-4-5-6-7-8-9-10-11-12-13-23-30-39-31-32-40-33-34-41-38(35-24-17-14-18-25-35,36-26-19-15-20-27-36)37-28-21-16-22-29-37/h14-22,24-29H,2-13,23,30-34H2,1H3. The molecule has 224 valence electrons. The summed E-state index contributed by atoms with van der Waals surface area (Å²) < 4.78 is 18.5. The van der Waals surface area contributed by atoms with Gasteiger partial charge in [0.25, 0.3) is 0 Å². The van der Waals surface area contributed by atoms with Gasteiger partial charge in [-0.2, -0.15) is 0 Å². The Kier molecular flexibility index (Phi) is 17.1. The summed E-state index contributed by atoms with van der Waals surface area (Å²) in [4.78, 5) is 0. The molecule has 3 aromatic carbocycles. The fourth-order valence-electron chi connectivity index (χ4n) is 5.57. The molecule has 0 bridgehead atoms. The van der Waals surface area contributed by atoms with E-state index in [1.165, 1.54) is 77.0 Å². The molecule has 41 heavy (non-hydrogen) atoms. The lowest BCUT2D eigenvalue weighted by Gasteiger charge is -2.36. The molecule has 3 aromatic rings. The quantitative estimate of drug-likeness (QED) is 0.0808. The van der Waals surface area contributed by atoms with E-state index >= 15 is 0 Å². The highest BCUT2D eigenvalue weighted by Gasteiger charge is 2.37. The minimum Gasteiger partial charge on any atom is -0.379 e. The van der Waals surface area contributed by atoms with Gasteiger partial charge in [0.05, 0.1) is 26.4 Å². The summed E-state index contributed by atoms with van der Waals surface area (Å²) in [6, 6.07) is 31.4. The van der Waals surface area contributed by atoms with Crippen molar-refractivity contribution in [3.63, 3.8) is 0 Å². The van der Waals surface area contributed by atoms with Crippen molar-refractivity contribution in [1.82, 2.24) is 0 Å². The fraction of sp³-hybridized carbons (Fsp3) is 0.526. The highest BCUT2D eigenvalue weighted by Crippen LogP contribution is 2.40. The van der Waals surface area contributed by atoms with E-state index in [0.29, 0.717) is 26.4 Å². The molecule has 0 amide bonds. The molecule has 3 heteroatoms. The lowest BCUT2D eigenvalue weighted by molar-refractivity contribution is -0.0334. The van der Waals surface area contributed by atoms with Crippen LogP contribution in [0.1, 0.15) is 107 Å². The third kappa shape index (κ3) is 12.1. The van der Waals surface area contributed by atoms with Gasteiger partial charge in [0.1, 0.15) is 5.60 Å². The second-order valence-corrected chi connectivity index (χ2v) is 11.1. The van der Waals surface area contributed by atoms with Crippen LogP contribution in [0.4, 0.5) is 0 Å². The Bertz CT molecular complexity index is 893. The van der Waals surface area contributed by atoms with E-state index in [4.69, 9.17) is 14.2 Å². The molecular weight excluding hydrogens is 504 g/mol. The van der Waals surface area contributed by atoms with Crippen LogP contribution in [-0.2, 0) is 19.8 Å². The Morgan fingerprint density at radius 3 is 1.15 bits per heavy atom. The molecule has 3 nitrogen and oxygen atoms in total. The largest absolute Gasteiger partial charge is 0.379 e. The number of rotatable bonds is 24. The van der Waals surface area contributed by atoms with Gasteiger partial charge in [-0.1, -0.05) is 175 Å². The maximum Gasteiger partial charge on any atom is 0.143 e. The molecule has 0 spiro atoms. The van der Waals surface area contributed by atoms with E-state index in [9.17, 15) is 0 Å². The van der Waals surface area contributed by atoms with Crippen LogP contribution in [0.3, 0.4) is 0 Å². The van der Waals surface area contributed by atoms with Crippen molar-refractivity contribution < 1.29 is 14.2 Å². The molecule has 0 heterocycles. The van der Waals surface area contributed by atoms with Crippen LogP contribution >= 0.6 is 0 Å². The fourth-order valence-corrected chi connectivity index (χ4v) is 5.57. The monoisotopic (exact) mass is 558 g/mol. The first-order valence-electron chi connectivity index (χ1n) is 16.3. The molecule has 0 radical (unpaired) electrons. The smallest absolute Gasteiger partial charge is 0.143 e. The topological polar surface area (TPSA) is 27.7 Å². The van der Waals surface area contributed by atoms with Crippen LogP contribution in [0.15, 0.2) is 91.0 Å². The summed E-state index contributed by atoms with van der Waals surface area (Å²) in [7, 11) is 0. The highest BCUT2D eigenvalue weighted by atomic mass is 16.5. The highest BCUT2D eigenvalue weighted by molar-refractivity contribution is 5.47. The summed E-state index contributed by atoms with van der Waals surface area (Å²) in [5, 5.41) is 0. The van der Waals surface area contributed by atoms with Crippen molar-refractivity contribution in [1.29, 1.82) is 0 Å². The van der Waals surface area contributed by atoms with Crippen LogP contribution in [0.25, 0.3) is 0 Å². The Morgan fingerprint density at radius 1 is 0.390 bits per heavy atom. The Hall–Kier alpha value is -2.46. The van der Waals surface area contributed by atoms with Crippen molar-refractivity contribution in [2.75, 3.05) is 33.0 Å². The predicted octanol–water partition coefficient (Wildman–Crippen LogP) is 10.1. The average Bonchev–Trinajstić information content (AvgIpc) is 3.03. The minimum atomic E-state index is -0.697. The summed E-state index contributed by atoms with van der Waals surface area (Å²) in [5.74, 6) is 0. The van der Waals surface area contributed by atoms with Gasteiger partial charge in [-0.15, -0.1) is 0 Å². The first kappa shape index (κ1) is 33.0. The zero-order valence-corrected chi connectivity index (χ0v) is 25.6. The molecule has 0 atom stereocenters. The van der Waals surface area contributed by atoms with Crippen LogP contribution < -0.4 is 0 Å². The van der Waals surface area contributed by atoms with Gasteiger partial charge in [-0.25, -0.2) is 0 Å². The molecule has 0 N–H and O–H groups in total. The van der Waals surface area contributed by atoms with Crippen molar-refractivity contribution in [3.8, 4) is 0 Å². The maximum absolute atomic E-state index is 6.76. The molecule has 0 fully saturated rings. The number of benzene rings is 3. The van der Waals surface area contributed by atoms with Gasteiger partial charge in [0.15, 0.2) is 0 Å². The lowest BCUT2D eigenvalue weighted by Crippen LogP contribution is -2.34. The van der Waals surface area contributed by atoms with Crippen molar-refractivity contribution in [3.05, 3.63) is 108 Å². The van der Waals surface area contributed by atoms with Crippen LogP contribution in [-0.4, -0.2) is 33.0 Å². The van der Waals surface area contributed by atoms with Crippen molar-refractivity contribution in [2.45, 2.75) is 96.0 Å². The van der Waals surface area contributed by atoms with E-state index in [0.717, 1.165) is 29.7 Å². The Balaban J connectivity index is 1.29. The summed E-state index contributed by atoms with van der Waals surface area (Å²) in [6.07, 6.45) is 17.8. The molecular formula is C38H54O3. The third-order valence-corrected chi connectivity index (χ3v) is 7.85. The first-order chi connectivity index (χ1) is 20.4. The van der Waals surface area contributed by atoms with Gasteiger partial charge < -0.3 is 14.2 Å². The van der Waals surface area contributed by atoms with Crippen LogP contribution in [0, 0.1) is 0 Å². The zero-order chi connectivity index (χ0) is 28.7. The first-order valence-corrected chi connectivity index (χ1v) is 16.3. The van der Waals surface area contributed by atoms with E-state index in [-0.39, 0.29) is 0 Å². The molecule has 0 aliphatic heterocycles. The van der Waals surface area contributed by atoms with Gasteiger partial charge in [-0.05, 0) is 23.1 Å².